The molecule has 156 valence electrons. The zero-order valence-electron chi connectivity index (χ0n) is 16.7. The molecule has 1 N–H and O–H groups in total. The normalized spacial score (nSPS) is 11.7. The summed E-state index contributed by atoms with van der Waals surface area (Å²) in [6.45, 7) is 3.90. The minimum Gasteiger partial charge on any atom is -0.453 e. The quantitative estimate of drug-likeness (QED) is 0.548. The van der Waals surface area contributed by atoms with E-state index in [9.17, 15) is 9.59 Å². The summed E-state index contributed by atoms with van der Waals surface area (Å²) in [5.41, 5.74) is 2.88. The summed E-state index contributed by atoms with van der Waals surface area (Å²) >= 11 is 5.87. The van der Waals surface area contributed by atoms with Crippen molar-refractivity contribution in [3.05, 3.63) is 70.6 Å². The molecule has 30 heavy (non-hydrogen) atoms. The third-order valence-corrected chi connectivity index (χ3v) is 4.63. The van der Waals surface area contributed by atoms with Gasteiger partial charge in [-0.3, -0.25) is 9.59 Å². The molecule has 0 saturated carbocycles. The zero-order chi connectivity index (χ0) is 21.5. The zero-order valence-corrected chi connectivity index (χ0v) is 17.5. The monoisotopic (exact) mass is 427 g/mol. The third-order valence-electron chi connectivity index (χ3n) is 4.38. The second kappa shape index (κ2) is 10.0. The number of esters is 1. The van der Waals surface area contributed by atoms with Gasteiger partial charge in [-0.2, -0.15) is 4.98 Å². The number of nitrogens with zero attached hydrogens (tertiary/aromatic N) is 2. The first kappa shape index (κ1) is 21.5. The van der Waals surface area contributed by atoms with Crippen LogP contribution in [0.4, 0.5) is 0 Å². The fraction of sp³-hybridized carbons (Fsp3) is 0.273. The summed E-state index contributed by atoms with van der Waals surface area (Å²) in [5.74, 6) is -0.141. The maximum Gasteiger partial charge on any atom is 0.307 e. The number of carbonyl (C=O) groups excluding carboxylic acids is 2. The largest absolute Gasteiger partial charge is 0.453 e. The highest BCUT2D eigenvalue weighted by atomic mass is 35.5. The molecule has 3 rings (SSSR count). The molecule has 0 aliphatic heterocycles. The Morgan fingerprint density at radius 1 is 1.13 bits per heavy atom. The van der Waals surface area contributed by atoms with E-state index in [0.717, 1.165) is 16.7 Å². The number of rotatable bonds is 8. The van der Waals surface area contributed by atoms with Crippen LogP contribution in [0.5, 0.6) is 0 Å². The first-order chi connectivity index (χ1) is 14.4. The van der Waals surface area contributed by atoms with E-state index >= 15 is 0 Å². The number of benzene rings is 2. The van der Waals surface area contributed by atoms with Crippen LogP contribution in [0, 0.1) is 6.92 Å². The summed E-state index contributed by atoms with van der Waals surface area (Å²) < 4.78 is 10.4. The van der Waals surface area contributed by atoms with Gasteiger partial charge in [0.25, 0.3) is 5.91 Å². The van der Waals surface area contributed by atoms with Crippen LogP contribution in [0.25, 0.3) is 11.4 Å². The van der Waals surface area contributed by atoms with Gasteiger partial charge in [-0.25, -0.2) is 0 Å². The van der Waals surface area contributed by atoms with E-state index in [1.165, 1.54) is 6.92 Å². The summed E-state index contributed by atoms with van der Waals surface area (Å²) in [7, 11) is 0. The summed E-state index contributed by atoms with van der Waals surface area (Å²) in [6.07, 6.45) is -0.648. The molecule has 0 fully saturated rings. The van der Waals surface area contributed by atoms with Crippen molar-refractivity contribution in [3.8, 4) is 11.4 Å². The number of nitrogens with one attached hydrogen (secondary N) is 1. The Balaban J connectivity index is 1.43. The Morgan fingerprint density at radius 3 is 2.53 bits per heavy atom. The summed E-state index contributed by atoms with van der Waals surface area (Å²) in [5, 5.41) is 7.27. The fourth-order valence-corrected chi connectivity index (χ4v) is 2.76. The average molecular weight is 428 g/mol. The molecule has 0 aliphatic rings. The van der Waals surface area contributed by atoms with Gasteiger partial charge >= 0.3 is 5.97 Å². The van der Waals surface area contributed by atoms with Gasteiger partial charge in [-0.1, -0.05) is 46.6 Å². The Morgan fingerprint density at radius 2 is 1.83 bits per heavy atom. The molecule has 7 nitrogen and oxygen atoms in total. The van der Waals surface area contributed by atoms with E-state index in [-0.39, 0.29) is 18.7 Å². The fourth-order valence-electron chi connectivity index (χ4n) is 2.63. The van der Waals surface area contributed by atoms with E-state index < -0.39 is 12.1 Å². The van der Waals surface area contributed by atoms with Gasteiger partial charge in [0, 0.05) is 23.6 Å². The lowest BCUT2D eigenvalue weighted by molar-refractivity contribution is -0.154. The van der Waals surface area contributed by atoms with Crippen LogP contribution in [0.1, 0.15) is 30.4 Å². The van der Waals surface area contributed by atoms with Gasteiger partial charge in [-0.15, -0.1) is 0 Å². The number of hydrogen-bond acceptors (Lipinski definition) is 6. The molecule has 1 aromatic heterocycles. The van der Waals surface area contributed by atoms with E-state index in [4.69, 9.17) is 20.9 Å². The first-order valence-corrected chi connectivity index (χ1v) is 9.90. The number of carbonyl (C=O) groups is 2. The van der Waals surface area contributed by atoms with Crippen LogP contribution < -0.4 is 5.32 Å². The van der Waals surface area contributed by atoms with Crippen molar-refractivity contribution in [1.82, 2.24) is 15.5 Å². The molecule has 1 amide bonds. The van der Waals surface area contributed by atoms with Crippen molar-refractivity contribution in [2.45, 2.75) is 39.3 Å². The van der Waals surface area contributed by atoms with Crippen molar-refractivity contribution < 1.29 is 18.8 Å². The Kier molecular flexibility index (Phi) is 7.19. The van der Waals surface area contributed by atoms with Crippen LogP contribution >= 0.6 is 11.6 Å². The molecule has 1 heterocycles. The standard InChI is InChI=1S/C22H22ClN3O4/c1-14-3-5-16(6-4-14)13-24-22(28)15(2)29-20(27)12-11-19-25-21(26-30-19)17-7-9-18(23)10-8-17/h3-10,15H,11-13H2,1-2H3,(H,24,28). The second-order valence-corrected chi connectivity index (χ2v) is 7.29. The van der Waals surface area contributed by atoms with Gasteiger partial charge in [0.2, 0.25) is 11.7 Å². The van der Waals surface area contributed by atoms with Crippen LogP contribution in [-0.2, 0) is 27.3 Å². The Labute approximate surface area is 179 Å². The lowest BCUT2D eigenvalue weighted by Crippen LogP contribution is -2.35. The highest BCUT2D eigenvalue weighted by Crippen LogP contribution is 2.19. The van der Waals surface area contributed by atoms with Crippen LogP contribution in [0.2, 0.25) is 5.02 Å². The molecule has 3 aromatic rings. The van der Waals surface area contributed by atoms with Crippen molar-refractivity contribution in [2.75, 3.05) is 0 Å². The van der Waals surface area contributed by atoms with E-state index in [2.05, 4.69) is 15.5 Å². The number of aromatic nitrogens is 2. The van der Waals surface area contributed by atoms with Crippen LogP contribution in [-0.4, -0.2) is 28.1 Å². The maximum atomic E-state index is 12.1. The smallest absolute Gasteiger partial charge is 0.307 e. The SMILES string of the molecule is Cc1ccc(CNC(=O)C(C)OC(=O)CCc2nc(-c3ccc(Cl)cc3)no2)cc1. The molecule has 1 unspecified atom stereocenters. The minimum atomic E-state index is -0.893. The van der Waals surface area contributed by atoms with Gasteiger partial charge in [-0.05, 0) is 43.7 Å². The van der Waals surface area contributed by atoms with Gasteiger partial charge in [0.1, 0.15) is 0 Å². The molecule has 0 aliphatic carbocycles. The predicted octanol–water partition coefficient (Wildman–Crippen LogP) is 3.88. The molecule has 1 atom stereocenters. The highest BCUT2D eigenvalue weighted by molar-refractivity contribution is 6.30. The summed E-state index contributed by atoms with van der Waals surface area (Å²) in [4.78, 5) is 28.4. The van der Waals surface area contributed by atoms with Crippen LogP contribution in [0.15, 0.2) is 53.1 Å². The molecular weight excluding hydrogens is 406 g/mol. The summed E-state index contributed by atoms with van der Waals surface area (Å²) in [6, 6.07) is 14.8. The minimum absolute atomic E-state index is 0.0256. The number of halogens is 1. The molecule has 8 heteroatoms. The first-order valence-electron chi connectivity index (χ1n) is 9.52. The lowest BCUT2D eigenvalue weighted by atomic mass is 10.1. The van der Waals surface area contributed by atoms with Crippen molar-refractivity contribution in [3.63, 3.8) is 0 Å². The third kappa shape index (κ3) is 6.15. The lowest BCUT2D eigenvalue weighted by Gasteiger charge is -2.13. The second-order valence-electron chi connectivity index (χ2n) is 6.85. The van der Waals surface area contributed by atoms with Gasteiger partial charge in [0.15, 0.2) is 6.10 Å². The topological polar surface area (TPSA) is 94.3 Å². The Hall–Kier alpha value is -3.19. The number of aryl methyl sites for hydroxylation is 2. The molecular formula is C22H22ClN3O4. The number of hydrogen-bond donors (Lipinski definition) is 1. The van der Waals surface area contributed by atoms with Crippen molar-refractivity contribution in [2.24, 2.45) is 0 Å². The van der Waals surface area contributed by atoms with Crippen molar-refractivity contribution >= 4 is 23.5 Å². The van der Waals surface area contributed by atoms with Gasteiger partial charge < -0.3 is 14.6 Å². The molecule has 0 spiro atoms. The number of ether oxygens (including phenoxy) is 1. The van der Waals surface area contributed by atoms with Crippen LogP contribution in [0.3, 0.4) is 0 Å². The van der Waals surface area contributed by atoms with E-state index in [1.807, 2.05) is 31.2 Å². The van der Waals surface area contributed by atoms with Gasteiger partial charge in [0.05, 0.1) is 6.42 Å². The average Bonchev–Trinajstić information content (AvgIpc) is 3.21. The van der Waals surface area contributed by atoms with E-state index in [1.54, 1.807) is 24.3 Å². The molecule has 0 saturated heterocycles. The molecule has 0 radical (unpaired) electrons. The van der Waals surface area contributed by atoms with E-state index in [0.29, 0.717) is 23.3 Å². The number of amides is 1. The molecule has 0 bridgehead atoms. The predicted molar refractivity (Wildman–Crippen MR) is 112 cm³/mol. The maximum absolute atomic E-state index is 12.1. The Bertz CT molecular complexity index is 1000. The van der Waals surface area contributed by atoms with Crippen molar-refractivity contribution in [1.29, 1.82) is 0 Å². The molecule has 2 aromatic carbocycles. The highest BCUT2D eigenvalue weighted by Gasteiger charge is 2.18.